The van der Waals surface area contributed by atoms with Crippen molar-refractivity contribution in [3.8, 4) is 0 Å². The van der Waals surface area contributed by atoms with E-state index in [1.54, 1.807) is 12.1 Å². The molecule has 0 atom stereocenters. The van der Waals surface area contributed by atoms with Crippen LogP contribution in [0.4, 0.5) is 15.2 Å². The highest BCUT2D eigenvalue weighted by Crippen LogP contribution is 2.26. The molecule has 3 heterocycles. The van der Waals surface area contributed by atoms with Gasteiger partial charge in [-0.15, -0.1) is 5.10 Å². The summed E-state index contributed by atoms with van der Waals surface area (Å²) in [6.07, 6.45) is 3.27. The third kappa shape index (κ3) is 2.84. The molecule has 124 valence electrons. The van der Waals surface area contributed by atoms with E-state index in [1.807, 2.05) is 6.07 Å². The number of anilines is 2. The number of fused-ring (bicyclic) bond motifs is 1. The predicted octanol–water partition coefficient (Wildman–Crippen LogP) is 2.37. The van der Waals surface area contributed by atoms with Crippen LogP contribution in [0.15, 0.2) is 41.3 Å². The number of piperidine rings is 1. The van der Waals surface area contributed by atoms with Crippen LogP contribution in [0, 0.1) is 5.82 Å². The Morgan fingerprint density at radius 3 is 2.75 bits per heavy atom. The molecule has 0 saturated carbocycles. The number of nitrogens with zero attached hydrogens (tertiary/aromatic N) is 4. The first kappa shape index (κ1) is 15.1. The van der Waals surface area contributed by atoms with Gasteiger partial charge >= 0.3 is 0 Å². The summed E-state index contributed by atoms with van der Waals surface area (Å²) >= 11 is 1.41. The Balaban J connectivity index is 1.44. The van der Waals surface area contributed by atoms with Crippen LogP contribution in [0.25, 0.3) is 4.96 Å². The molecule has 1 saturated heterocycles. The summed E-state index contributed by atoms with van der Waals surface area (Å²) in [5.74, 6) is -0.225. The molecule has 1 aromatic carbocycles. The highest BCUT2D eigenvalue weighted by atomic mass is 32.1. The van der Waals surface area contributed by atoms with Gasteiger partial charge in [0.05, 0.1) is 5.69 Å². The Hall–Kier alpha value is -2.48. The van der Waals surface area contributed by atoms with E-state index < -0.39 is 0 Å². The van der Waals surface area contributed by atoms with E-state index in [4.69, 9.17) is 0 Å². The Labute approximate surface area is 141 Å². The number of hydrogen-bond acceptors (Lipinski definition) is 6. The second kappa shape index (κ2) is 6.20. The van der Waals surface area contributed by atoms with Gasteiger partial charge in [0.1, 0.15) is 5.82 Å². The second-order valence-corrected chi connectivity index (χ2v) is 6.68. The minimum atomic E-state index is -0.225. The maximum absolute atomic E-state index is 13.7. The van der Waals surface area contributed by atoms with Crippen LogP contribution in [-0.2, 0) is 0 Å². The molecule has 3 aromatic rings. The van der Waals surface area contributed by atoms with Crippen molar-refractivity contribution in [3.63, 3.8) is 0 Å². The monoisotopic (exact) mass is 345 g/mol. The zero-order valence-electron chi connectivity index (χ0n) is 12.9. The molecule has 6 nitrogen and oxygen atoms in total. The molecule has 0 unspecified atom stereocenters. The molecule has 1 aliphatic rings. The fourth-order valence-corrected chi connectivity index (χ4v) is 3.80. The van der Waals surface area contributed by atoms with Crippen molar-refractivity contribution < 1.29 is 4.39 Å². The van der Waals surface area contributed by atoms with Gasteiger partial charge in [0.2, 0.25) is 10.1 Å². The van der Waals surface area contributed by atoms with E-state index in [9.17, 15) is 9.18 Å². The van der Waals surface area contributed by atoms with Crippen molar-refractivity contribution in [2.24, 2.45) is 0 Å². The predicted molar refractivity (Wildman–Crippen MR) is 92.4 cm³/mol. The number of hydrogen-bond donors (Lipinski definition) is 1. The lowest BCUT2D eigenvalue weighted by Crippen LogP contribution is -2.39. The normalized spacial score (nSPS) is 15.8. The fourth-order valence-electron chi connectivity index (χ4n) is 2.87. The minimum absolute atomic E-state index is 0.168. The van der Waals surface area contributed by atoms with Crippen LogP contribution in [0.3, 0.4) is 0 Å². The molecule has 8 heteroatoms. The number of halogens is 1. The number of rotatable bonds is 3. The summed E-state index contributed by atoms with van der Waals surface area (Å²) in [5, 5.41) is 8.44. The lowest BCUT2D eigenvalue weighted by Gasteiger charge is -2.32. The quantitative estimate of drug-likeness (QED) is 0.790. The van der Waals surface area contributed by atoms with Crippen LogP contribution in [0.2, 0.25) is 0 Å². The van der Waals surface area contributed by atoms with Gasteiger partial charge in [-0.05, 0) is 25.0 Å². The highest BCUT2D eigenvalue weighted by molar-refractivity contribution is 7.20. The molecule has 0 spiro atoms. The van der Waals surface area contributed by atoms with Crippen molar-refractivity contribution in [1.82, 2.24) is 14.6 Å². The Morgan fingerprint density at radius 2 is 2.00 bits per heavy atom. The molecule has 4 rings (SSSR count). The van der Waals surface area contributed by atoms with Crippen molar-refractivity contribution in [3.05, 3.63) is 52.7 Å². The third-order valence-electron chi connectivity index (χ3n) is 4.16. The van der Waals surface area contributed by atoms with Gasteiger partial charge in [-0.2, -0.15) is 4.52 Å². The van der Waals surface area contributed by atoms with E-state index in [1.165, 1.54) is 34.2 Å². The summed E-state index contributed by atoms with van der Waals surface area (Å²) in [5.41, 5.74) is 0.380. The van der Waals surface area contributed by atoms with E-state index in [-0.39, 0.29) is 17.4 Å². The SMILES string of the molecule is O=c1ccnc2sc(N3CCC(Nc4ccccc4F)CC3)nn12. The van der Waals surface area contributed by atoms with Crippen molar-refractivity contribution in [2.75, 3.05) is 23.3 Å². The molecule has 1 aliphatic heterocycles. The van der Waals surface area contributed by atoms with E-state index in [0.29, 0.717) is 10.6 Å². The average molecular weight is 345 g/mol. The number of para-hydroxylation sites is 1. The van der Waals surface area contributed by atoms with Crippen molar-refractivity contribution in [1.29, 1.82) is 0 Å². The van der Waals surface area contributed by atoms with Crippen LogP contribution in [-0.4, -0.2) is 33.7 Å². The van der Waals surface area contributed by atoms with E-state index >= 15 is 0 Å². The number of aromatic nitrogens is 3. The summed E-state index contributed by atoms with van der Waals surface area (Å²) in [6.45, 7) is 1.61. The van der Waals surface area contributed by atoms with Crippen molar-refractivity contribution in [2.45, 2.75) is 18.9 Å². The van der Waals surface area contributed by atoms with Gasteiger partial charge in [0.25, 0.3) is 5.56 Å². The zero-order chi connectivity index (χ0) is 16.5. The maximum atomic E-state index is 13.7. The summed E-state index contributed by atoms with van der Waals surface area (Å²) in [6, 6.07) is 8.37. The topological polar surface area (TPSA) is 62.5 Å². The molecule has 2 aromatic heterocycles. The lowest BCUT2D eigenvalue weighted by molar-refractivity contribution is 0.520. The van der Waals surface area contributed by atoms with Crippen LogP contribution in [0.1, 0.15) is 12.8 Å². The standard InChI is InChI=1S/C16H16FN5OS/c17-12-3-1-2-4-13(12)19-11-6-9-21(10-7-11)16-20-22-14(23)5-8-18-15(22)24-16/h1-5,8,11,19H,6-7,9-10H2. The molecule has 0 radical (unpaired) electrons. The Morgan fingerprint density at radius 1 is 1.21 bits per heavy atom. The highest BCUT2D eigenvalue weighted by Gasteiger charge is 2.22. The maximum Gasteiger partial charge on any atom is 0.275 e. The van der Waals surface area contributed by atoms with Gasteiger partial charge < -0.3 is 10.2 Å². The largest absolute Gasteiger partial charge is 0.380 e. The molecule has 0 amide bonds. The third-order valence-corrected chi connectivity index (χ3v) is 5.14. The first-order chi connectivity index (χ1) is 11.7. The van der Waals surface area contributed by atoms with E-state index in [0.717, 1.165) is 31.1 Å². The molecule has 1 N–H and O–H groups in total. The van der Waals surface area contributed by atoms with Gasteiger partial charge in [-0.1, -0.05) is 23.5 Å². The summed E-state index contributed by atoms with van der Waals surface area (Å²) < 4.78 is 15.1. The van der Waals surface area contributed by atoms with Gasteiger partial charge in [0.15, 0.2) is 0 Å². The lowest BCUT2D eigenvalue weighted by atomic mass is 10.1. The first-order valence-corrected chi connectivity index (χ1v) is 8.63. The summed E-state index contributed by atoms with van der Waals surface area (Å²) in [4.78, 5) is 18.7. The first-order valence-electron chi connectivity index (χ1n) is 7.81. The Bertz CT molecular complexity index is 916. The molecule has 0 bridgehead atoms. The van der Waals surface area contributed by atoms with Gasteiger partial charge in [0, 0.05) is 31.4 Å². The second-order valence-electron chi connectivity index (χ2n) is 5.75. The zero-order valence-corrected chi connectivity index (χ0v) is 13.7. The smallest absolute Gasteiger partial charge is 0.275 e. The number of benzene rings is 1. The number of nitrogens with one attached hydrogen (secondary N) is 1. The molecular formula is C16H16FN5OS. The van der Waals surface area contributed by atoms with Crippen LogP contribution >= 0.6 is 11.3 Å². The van der Waals surface area contributed by atoms with Crippen LogP contribution < -0.4 is 15.8 Å². The van der Waals surface area contributed by atoms with Crippen LogP contribution in [0.5, 0.6) is 0 Å². The summed E-state index contributed by atoms with van der Waals surface area (Å²) in [7, 11) is 0. The Kier molecular flexibility index (Phi) is 3.89. The molecular weight excluding hydrogens is 329 g/mol. The fraction of sp³-hybridized carbons (Fsp3) is 0.312. The van der Waals surface area contributed by atoms with Crippen molar-refractivity contribution >= 4 is 27.1 Å². The van der Waals surface area contributed by atoms with E-state index in [2.05, 4.69) is 20.3 Å². The molecule has 0 aliphatic carbocycles. The van der Waals surface area contributed by atoms with Gasteiger partial charge in [-0.25, -0.2) is 9.37 Å². The molecule has 24 heavy (non-hydrogen) atoms. The molecule has 1 fully saturated rings. The minimum Gasteiger partial charge on any atom is -0.380 e. The average Bonchev–Trinajstić information content (AvgIpc) is 3.03. The van der Waals surface area contributed by atoms with Gasteiger partial charge in [-0.3, -0.25) is 4.79 Å².